The van der Waals surface area contributed by atoms with Gasteiger partial charge in [-0.1, -0.05) is 12.1 Å². The van der Waals surface area contributed by atoms with Crippen LogP contribution in [0, 0.1) is 0 Å². The van der Waals surface area contributed by atoms with Gasteiger partial charge in [0.25, 0.3) is 0 Å². The Morgan fingerprint density at radius 2 is 1.90 bits per heavy atom. The standard InChI is InChI=1S/C13H15F3N2OS/c14-13(15,16)20-11-5-1-9(2-6-11)7-17-8-12(19)18-10-3-4-10/h1-2,5-6,10,17H,3-4,7-8H2,(H,18,19). The molecular formula is C13H15F3N2OS. The summed E-state index contributed by atoms with van der Waals surface area (Å²) in [6.07, 6.45) is 2.09. The second kappa shape index (κ2) is 6.49. The lowest BCUT2D eigenvalue weighted by atomic mass is 10.2. The van der Waals surface area contributed by atoms with Crippen molar-refractivity contribution in [1.29, 1.82) is 0 Å². The minimum absolute atomic E-state index is 0.0447. The van der Waals surface area contributed by atoms with Gasteiger partial charge in [0.2, 0.25) is 5.91 Å². The molecule has 2 rings (SSSR count). The van der Waals surface area contributed by atoms with E-state index in [2.05, 4.69) is 10.6 Å². The zero-order valence-electron chi connectivity index (χ0n) is 10.7. The Balaban J connectivity index is 1.71. The van der Waals surface area contributed by atoms with Crippen LogP contribution in [0.2, 0.25) is 0 Å². The van der Waals surface area contributed by atoms with E-state index in [-0.39, 0.29) is 29.1 Å². The minimum atomic E-state index is -4.26. The van der Waals surface area contributed by atoms with E-state index in [4.69, 9.17) is 0 Å². The highest BCUT2D eigenvalue weighted by atomic mass is 32.2. The molecule has 0 aliphatic heterocycles. The molecule has 1 aliphatic rings. The van der Waals surface area contributed by atoms with Crippen LogP contribution in [-0.4, -0.2) is 24.0 Å². The predicted molar refractivity (Wildman–Crippen MR) is 71.2 cm³/mol. The van der Waals surface area contributed by atoms with Crippen molar-refractivity contribution in [3.05, 3.63) is 29.8 Å². The zero-order valence-corrected chi connectivity index (χ0v) is 11.5. The van der Waals surface area contributed by atoms with Crippen LogP contribution in [0.3, 0.4) is 0 Å². The highest BCUT2D eigenvalue weighted by Crippen LogP contribution is 2.36. The number of hydrogen-bond acceptors (Lipinski definition) is 3. The van der Waals surface area contributed by atoms with Crippen LogP contribution in [0.25, 0.3) is 0 Å². The van der Waals surface area contributed by atoms with Gasteiger partial charge in [-0.3, -0.25) is 4.79 Å². The lowest BCUT2D eigenvalue weighted by Gasteiger charge is -2.08. The number of thioether (sulfide) groups is 1. The van der Waals surface area contributed by atoms with E-state index >= 15 is 0 Å². The Morgan fingerprint density at radius 3 is 2.45 bits per heavy atom. The molecule has 0 saturated heterocycles. The largest absolute Gasteiger partial charge is 0.446 e. The first-order valence-corrected chi connectivity index (χ1v) is 7.09. The van der Waals surface area contributed by atoms with Crippen LogP contribution in [0.15, 0.2) is 29.2 Å². The average molecular weight is 304 g/mol. The minimum Gasteiger partial charge on any atom is -0.352 e. The third-order valence-corrected chi connectivity index (χ3v) is 3.45. The molecule has 110 valence electrons. The Labute approximate surface area is 119 Å². The van der Waals surface area contributed by atoms with E-state index in [1.54, 1.807) is 12.1 Å². The molecule has 0 spiro atoms. The van der Waals surface area contributed by atoms with Gasteiger partial charge < -0.3 is 10.6 Å². The fourth-order valence-corrected chi connectivity index (χ4v) is 2.18. The highest BCUT2D eigenvalue weighted by molar-refractivity contribution is 8.00. The predicted octanol–water partition coefficient (Wildman–Crippen LogP) is 2.67. The maximum atomic E-state index is 12.1. The van der Waals surface area contributed by atoms with Gasteiger partial charge in [-0.05, 0) is 42.3 Å². The summed E-state index contributed by atoms with van der Waals surface area (Å²) >= 11 is -0.133. The van der Waals surface area contributed by atoms with Gasteiger partial charge in [-0.2, -0.15) is 13.2 Å². The van der Waals surface area contributed by atoms with Crippen LogP contribution in [0.5, 0.6) is 0 Å². The molecule has 7 heteroatoms. The second-order valence-electron chi connectivity index (χ2n) is 4.64. The molecule has 0 unspecified atom stereocenters. The van der Waals surface area contributed by atoms with Crippen molar-refractivity contribution in [2.45, 2.75) is 35.8 Å². The first kappa shape index (κ1) is 15.2. The Kier molecular flexibility index (Phi) is 4.93. The second-order valence-corrected chi connectivity index (χ2v) is 5.78. The molecule has 0 heterocycles. The molecule has 2 N–H and O–H groups in total. The van der Waals surface area contributed by atoms with Gasteiger partial charge in [0, 0.05) is 17.5 Å². The SMILES string of the molecule is O=C(CNCc1ccc(SC(F)(F)F)cc1)NC1CC1. The molecule has 1 saturated carbocycles. The van der Waals surface area contributed by atoms with E-state index in [1.165, 1.54) is 12.1 Å². The lowest BCUT2D eigenvalue weighted by Crippen LogP contribution is -2.34. The number of halogens is 3. The third kappa shape index (κ3) is 5.83. The van der Waals surface area contributed by atoms with Crippen LogP contribution in [0.1, 0.15) is 18.4 Å². The third-order valence-electron chi connectivity index (χ3n) is 2.71. The monoisotopic (exact) mass is 304 g/mol. The maximum Gasteiger partial charge on any atom is 0.446 e. The molecule has 0 aromatic heterocycles. The maximum absolute atomic E-state index is 12.1. The number of carbonyl (C=O) groups is 1. The highest BCUT2D eigenvalue weighted by Gasteiger charge is 2.29. The summed E-state index contributed by atoms with van der Waals surface area (Å²) in [5.74, 6) is -0.0447. The summed E-state index contributed by atoms with van der Waals surface area (Å²) in [7, 11) is 0. The smallest absolute Gasteiger partial charge is 0.352 e. The summed E-state index contributed by atoms with van der Waals surface area (Å²) < 4.78 is 36.4. The van der Waals surface area contributed by atoms with Crippen molar-refractivity contribution in [3.63, 3.8) is 0 Å². The number of alkyl halides is 3. The summed E-state index contributed by atoms with van der Waals surface area (Å²) in [6.45, 7) is 0.671. The van der Waals surface area contributed by atoms with Gasteiger partial charge in [0.05, 0.1) is 6.54 Å². The fraction of sp³-hybridized carbons (Fsp3) is 0.462. The van der Waals surface area contributed by atoms with Gasteiger partial charge in [0.15, 0.2) is 0 Å². The number of benzene rings is 1. The average Bonchev–Trinajstić information content (AvgIpc) is 3.13. The van der Waals surface area contributed by atoms with Crippen molar-refractivity contribution in [3.8, 4) is 0 Å². The number of amides is 1. The van der Waals surface area contributed by atoms with Crippen LogP contribution in [0.4, 0.5) is 13.2 Å². The zero-order chi connectivity index (χ0) is 14.6. The molecule has 1 aliphatic carbocycles. The molecule has 1 fully saturated rings. The lowest BCUT2D eigenvalue weighted by molar-refractivity contribution is -0.120. The van der Waals surface area contributed by atoms with E-state index in [9.17, 15) is 18.0 Å². The summed E-state index contributed by atoms with van der Waals surface area (Å²) in [6, 6.07) is 6.45. The molecule has 1 amide bonds. The van der Waals surface area contributed by atoms with E-state index in [1.807, 2.05) is 0 Å². The van der Waals surface area contributed by atoms with Gasteiger partial charge in [-0.25, -0.2) is 0 Å². The topological polar surface area (TPSA) is 41.1 Å². The molecular weight excluding hydrogens is 289 g/mol. The van der Waals surface area contributed by atoms with E-state index in [0.717, 1.165) is 18.4 Å². The first-order chi connectivity index (χ1) is 9.42. The van der Waals surface area contributed by atoms with Crippen LogP contribution < -0.4 is 10.6 Å². The number of nitrogens with one attached hydrogen (secondary N) is 2. The van der Waals surface area contributed by atoms with Crippen molar-refractivity contribution in [1.82, 2.24) is 10.6 Å². The normalized spacial score (nSPS) is 15.2. The Morgan fingerprint density at radius 1 is 1.25 bits per heavy atom. The van der Waals surface area contributed by atoms with Gasteiger partial charge in [-0.15, -0.1) is 0 Å². The molecule has 1 aromatic rings. The van der Waals surface area contributed by atoms with Crippen molar-refractivity contribution in [2.24, 2.45) is 0 Å². The Bertz CT molecular complexity index is 458. The molecule has 0 atom stereocenters. The molecule has 20 heavy (non-hydrogen) atoms. The quantitative estimate of drug-likeness (QED) is 0.794. The summed E-state index contributed by atoms with van der Waals surface area (Å²) in [5, 5.41) is 5.81. The van der Waals surface area contributed by atoms with Gasteiger partial charge >= 0.3 is 5.51 Å². The van der Waals surface area contributed by atoms with E-state index in [0.29, 0.717) is 12.6 Å². The van der Waals surface area contributed by atoms with Crippen molar-refractivity contribution in [2.75, 3.05) is 6.54 Å². The molecule has 1 aromatic carbocycles. The summed E-state index contributed by atoms with van der Waals surface area (Å²) in [5.41, 5.74) is -3.42. The van der Waals surface area contributed by atoms with E-state index < -0.39 is 5.51 Å². The fourth-order valence-electron chi connectivity index (χ4n) is 1.64. The van der Waals surface area contributed by atoms with Crippen LogP contribution >= 0.6 is 11.8 Å². The number of rotatable bonds is 6. The molecule has 0 radical (unpaired) electrons. The number of carbonyl (C=O) groups excluding carboxylic acids is 1. The molecule has 3 nitrogen and oxygen atoms in total. The molecule has 0 bridgehead atoms. The number of hydrogen-bond donors (Lipinski definition) is 2. The summed E-state index contributed by atoms with van der Waals surface area (Å²) in [4.78, 5) is 11.6. The van der Waals surface area contributed by atoms with Gasteiger partial charge in [0.1, 0.15) is 0 Å². The van der Waals surface area contributed by atoms with Crippen molar-refractivity contribution >= 4 is 17.7 Å². The Hall–Kier alpha value is -1.21. The first-order valence-electron chi connectivity index (χ1n) is 6.27. The van der Waals surface area contributed by atoms with Crippen molar-refractivity contribution < 1.29 is 18.0 Å². The van der Waals surface area contributed by atoms with Crippen LogP contribution in [-0.2, 0) is 11.3 Å².